The largest absolute Gasteiger partial charge is 0.354 e. The summed E-state index contributed by atoms with van der Waals surface area (Å²) in [4.78, 5) is 23.2. The zero-order valence-corrected chi connectivity index (χ0v) is 16.9. The van der Waals surface area contributed by atoms with Crippen molar-refractivity contribution in [2.75, 3.05) is 6.54 Å². The first kappa shape index (κ1) is 18.4. The van der Waals surface area contributed by atoms with E-state index in [4.69, 9.17) is 0 Å². The molecule has 3 heterocycles. The normalized spacial score (nSPS) is 18.3. The molecule has 150 valence electrons. The highest BCUT2D eigenvalue weighted by atomic mass is 16.2. The van der Waals surface area contributed by atoms with E-state index in [-0.39, 0.29) is 11.9 Å². The summed E-state index contributed by atoms with van der Waals surface area (Å²) in [5, 5.41) is 3.48. The summed E-state index contributed by atoms with van der Waals surface area (Å²) in [6.45, 7) is 0.528. The summed E-state index contributed by atoms with van der Waals surface area (Å²) in [6.07, 6.45) is 4.95. The lowest BCUT2D eigenvalue weighted by Gasteiger charge is -2.20. The minimum Gasteiger partial charge on any atom is -0.354 e. The van der Waals surface area contributed by atoms with Crippen molar-refractivity contribution in [3.63, 3.8) is 0 Å². The SMILES string of the molecule is Cn1ccnc1CC1NC2=C(Cc3ccccc3)[NH+]=C(c3ccccc3)CN2C1=O. The molecule has 1 amide bonds. The molecule has 0 saturated carbocycles. The van der Waals surface area contributed by atoms with E-state index in [1.807, 2.05) is 59.1 Å². The number of carbonyl (C=O) groups is 1. The zero-order chi connectivity index (χ0) is 20.5. The van der Waals surface area contributed by atoms with Gasteiger partial charge >= 0.3 is 0 Å². The van der Waals surface area contributed by atoms with Gasteiger partial charge in [0.2, 0.25) is 11.4 Å². The van der Waals surface area contributed by atoms with Gasteiger partial charge < -0.3 is 9.88 Å². The molecule has 3 aromatic rings. The topological polar surface area (TPSA) is 64.1 Å². The molecule has 1 unspecified atom stereocenters. The van der Waals surface area contributed by atoms with Crippen LogP contribution in [0.4, 0.5) is 0 Å². The molecule has 2 N–H and O–H groups in total. The molecule has 0 radical (unpaired) electrons. The molecule has 0 spiro atoms. The van der Waals surface area contributed by atoms with Gasteiger partial charge in [0.25, 0.3) is 5.91 Å². The molecule has 6 heteroatoms. The number of imidazole rings is 1. The predicted molar refractivity (Wildman–Crippen MR) is 114 cm³/mol. The number of hydrogen-bond donors (Lipinski definition) is 2. The third-order valence-corrected chi connectivity index (χ3v) is 5.70. The van der Waals surface area contributed by atoms with Gasteiger partial charge in [0, 0.05) is 31.4 Å². The molecule has 0 aliphatic carbocycles. The van der Waals surface area contributed by atoms with E-state index in [9.17, 15) is 4.79 Å². The molecule has 2 aromatic carbocycles. The fourth-order valence-corrected chi connectivity index (χ4v) is 4.09. The lowest BCUT2D eigenvalue weighted by atomic mass is 10.1. The fourth-order valence-electron chi connectivity index (χ4n) is 4.09. The average molecular weight is 398 g/mol. The molecule has 2 aliphatic heterocycles. The monoisotopic (exact) mass is 398 g/mol. The van der Waals surface area contributed by atoms with Crippen LogP contribution in [0.15, 0.2) is 84.6 Å². The molecule has 2 aliphatic rings. The van der Waals surface area contributed by atoms with Crippen LogP contribution >= 0.6 is 0 Å². The first-order valence-corrected chi connectivity index (χ1v) is 10.2. The van der Waals surface area contributed by atoms with Crippen LogP contribution in [-0.4, -0.2) is 38.7 Å². The fraction of sp³-hybridized carbons (Fsp3) is 0.208. The van der Waals surface area contributed by atoms with Crippen molar-refractivity contribution in [1.82, 2.24) is 19.8 Å². The van der Waals surface area contributed by atoms with Crippen LogP contribution in [0.1, 0.15) is 17.0 Å². The highest BCUT2D eigenvalue weighted by Crippen LogP contribution is 2.22. The summed E-state index contributed by atoms with van der Waals surface area (Å²) >= 11 is 0. The standard InChI is InChI=1S/C24H23N5O/c1-28-13-12-25-22(28)15-20-24(30)29-16-21(18-10-6-3-7-11-18)26-19(23(29)27-20)14-17-8-4-2-5-9-17/h2-13,20,27H,14-16H2,1H3/p+1. The predicted octanol–water partition coefficient (Wildman–Crippen LogP) is 0.758. The van der Waals surface area contributed by atoms with Crippen LogP contribution in [0.3, 0.4) is 0 Å². The van der Waals surface area contributed by atoms with Crippen LogP contribution in [0, 0.1) is 0 Å². The summed E-state index contributed by atoms with van der Waals surface area (Å²) in [5.74, 6) is 1.86. The van der Waals surface area contributed by atoms with Crippen molar-refractivity contribution in [2.24, 2.45) is 7.05 Å². The molecule has 0 bridgehead atoms. The molecule has 30 heavy (non-hydrogen) atoms. The first-order valence-electron chi connectivity index (χ1n) is 10.2. The Kier molecular flexibility index (Phi) is 4.67. The quantitative estimate of drug-likeness (QED) is 0.667. The van der Waals surface area contributed by atoms with E-state index in [1.54, 1.807) is 6.20 Å². The number of hydrogen-bond acceptors (Lipinski definition) is 3. The number of nitrogens with one attached hydrogen (secondary N) is 2. The van der Waals surface area contributed by atoms with Crippen LogP contribution in [0.2, 0.25) is 0 Å². The molecular formula is C24H24N5O+. The second-order valence-electron chi connectivity index (χ2n) is 7.74. The number of carbonyl (C=O) groups excluding carboxylic acids is 1. The number of rotatable bonds is 5. The van der Waals surface area contributed by atoms with Gasteiger partial charge in [-0.2, -0.15) is 0 Å². The second kappa shape index (κ2) is 7.63. The number of aryl methyl sites for hydroxylation is 1. The summed E-state index contributed by atoms with van der Waals surface area (Å²) < 4.78 is 1.96. The van der Waals surface area contributed by atoms with Crippen LogP contribution in [0.25, 0.3) is 0 Å². The van der Waals surface area contributed by atoms with Crippen molar-refractivity contribution in [3.05, 3.63) is 102 Å². The summed E-state index contributed by atoms with van der Waals surface area (Å²) in [7, 11) is 1.96. The van der Waals surface area contributed by atoms with E-state index >= 15 is 0 Å². The molecule has 6 nitrogen and oxygen atoms in total. The van der Waals surface area contributed by atoms with Crippen molar-refractivity contribution < 1.29 is 9.79 Å². The minimum absolute atomic E-state index is 0.0912. The van der Waals surface area contributed by atoms with Crippen molar-refractivity contribution in [3.8, 4) is 0 Å². The number of allylic oxidation sites excluding steroid dienone is 1. The number of benzene rings is 2. The van der Waals surface area contributed by atoms with Crippen LogP contribution in [-0.2, 0) is 24.7 Å². The maximum Gasteiger partial charge on any atom is 0.251 e. The lowest BCUT2D eigenvalue weighted by molar-refractivity contribution is -0.406. The van der Waals surface area contributed by atoms with Crippen molar-refractivity contribution >= 4 is 11.6 Å². The number of fused-ring (bicyclic) bond motifs is 1. The Labute approximate surface area is 175 Å². The van der Waals surface area contributed by atoms with Gasteiger partial charge in [-0.15, -0.1) is 0 Å². The highest BCUT2D eigenvalue weighted by molar-refractivity contribution is 6.01. The van der Waals surface area contributed by atoms with E-state index in [2.05, 4.69) is 39.6 Å². The second-order valence-corrected chi connectivity index (χ2v) is 7.74. The van der Waals surface area contributed by atoms with Crippen LogP contribution in [0.5, 0.6) is 0 Å². The number of amides is 1. The Bertz CT molecular complexity index is 1130. The zero-order valence-electron chi connectivity index (χ0n) is 16.9. The number of aromatic nitrogens is 2. The Morgan fingerprint density at radius 3 is 2.53 bits per heavy atom. The van der Waals surface area contributed by atoms with Gasteiger partial charge in [-0.3, -0.25) is 9.69 Å². The molecule has 1 saturated heterocycles. The van der Waals surface area contributed by atoms with E-state index in [1.165, 1.54) is 5.56 Å². The molecule has 1 atom stereocenters. The third kappa shape index (κ3) is 3.41. The van der Waals surface area contributed by atoms with Gasteiger partial charge in [0.05, 0.1) is 6.42 Å². The Balaban J connectivity index is 1.50. The molecule has 5 rings (SSSR count). The third-order valence-electron chi connectivity index (χ3n) is 5.70. The van der Waals surface area contributed by atoms with Gasteiger partial charge in [0.15, 0.2) is 5.82 Å². The van der Waals surface area contributed by atoms with Gasteiger partial charge in [-0.05, 0) is 17.7 Å². The van der Waals surface area contributed by atoms with E-state index in [0.717, 1.165) is 35.0 Å². The minimum atomic E-state index is -0.316. The van der Waals surface area contributed by atoms with E-state index in [0.29, 0.717) is 13.0 Å². The maximum absolute atomic E-state index is 13.3. The number of nitrogens with zero attached hydrogens (tertiary/aromatic N) is 3. The summed E-state index contributed by atoms with van der Waals surface area (Å²) in [5.41, 5.74) is 4.35. The maximum atomic E-state index is 13.3. The Hall–Kier alpha value is -3.67. The van der Waals surface area contributed by atoms with Gasteiger partial charge in [0.1, 0.15) is 18.4 Å². The first-order chi connectivity index (χ1) is 14.7. The van der Waals surface area contributed by atoms with Gasteiger partial charge in [-0.1, -0.05) is 48.5 Å². The summed E-state index contributed by atoms with van der Waals surface area (Å²) in [6, 6.07) is 20.2. The Morgan fingerprint density at radius 2 is 1.83 bits per heavy atom. The Morgan fingerprint density at radius 1 is 1.10 bits per heavy atom. The lowest BCUT2D eigenvalue weighted by Crippen LogP contribution is -2.76. The van der Waals surface area contributed by atoms with E-state index < -0.39 is 0 Å². The average Bonchev–Trinajstić information content (AvgIpc) is 3.33. The van der Waals surface area contributed by atoms with Crippen molar-refractivity contribution in [2.45, 2.75) is 18.9 Å². The van der Waals surface area contributed by atoms with Gasteiger partial charge in [-0.25, -0.2) is 9.98 Å². The van der Waals surface area contributed by atoms with Crippen molar-refractivity contribution in [1.29, 1.82) is 0 Å². The highest BCUT2D eigenvalue weighted by Gasteiger charge is 2.43. The molecular weight excluding hydrogens is 374 g/mol. The van der Waals surface area contributed by atoms with Crippen LogP contribution < -0.4 is 10.3 Å². The molecule has 1 aromatic heterocycles. The smallest absolute Gasteiger partial charge is 0.251 e. The molecule has 1 fully saturated rings.